The van der Waals surface area contributed by atoms with Crippen molar-refractivity contribution in [3.63, 3.8) is 0 Å². The topological polar surface area (TPSA) is 12.0 Å². The largest absolute Gasteiger partial charge is 0.376 e. The normalized spacial score (nSPS) is 17.3. The van der Waals surface area contributed by atoms with Gasteiger partial charge in [0, 0.05) is 0 Å². The van der Waals surface area contributed by atoms with Crippen LogP contribution in [0.2, 0.25) is 0 Å². The molecule has 0 heterocycles. The van der Waals surface area contributed by atoms with Crippen LogP contribution in [-0.2, 0) is 6.42 Å². The Kier molecular flexibility index (Phi) is 3.02. The molecule has 2 aromatic rings. The number of fused-ring (bicyclic) bond motifs is 1. The Bertz CT molecular complexity index is 598. The zero-order chi connectivity index (χ0) is 13.4. The number of hydrogen-bond donors (Lipinski definition) is 1. The van der Waals surface area contributed by atoms with Gasteiger partial charge < -0.3 is 5.32 Å². The fourth-order valence-electron chi connectivity index (χ4n) is 2.86. The van der Waals surface area contributed by atoms with Crippen molar-refractivity contribution < 1.29 is 4.39 Å². The Hall–Kier alpha value is -1.83. The zero-order valence-corrected chi connectivity index (χ0v) is 11.3. The van der Waals surface area contributed by atoms with Crippen LogP contribution in [0.3, 0.4) is 0 Å². The number of aryl methyl sites for hydroxylation is 3. The van der Waals surface area contributed by atoms with Crippen molar-refractivity contribution in [2.75, 3.05) is 5.32 Å². The molecule has 0 amide bonds. The summed E-state index contributed by atoms with van der Waals surface area (Å²) in [6.45, 7) is 4.04. The molecule has 1 unspecified atom stereocenters. The van der Waals surface area contributed by atoms with Crippen LogP contribution in [0.25, 0.3) is 0 Å². The van der Waals surface area contributed by atoms with Crippen LogP contribution in [0.4, 0.5) is 10.1 Å². The highest BCUT2D eigenvalue weighted by Crippen LogP contribution is 2.35. The quantitative estimate of drug-likeness (QED) is 0.830. The first-order chi connectivity index (χ1) is 9.15. The lowest BCUT2D eigenvalue weighted by atomic mass is 10.0. The summed E-state index contributed by atoms with van der Waals surface area (Å²) < 4.78 is 13.9. The van der Waals surface area contributed by atoms with Crippen molar-refractivity contribution in [2.24, 2.45) is 0 Å². The molecular weight excluding hydrogens is 237 g/mol. The van der Waals surface area contributed by atoms with E-state index in [0.717, 1.165) is 18.4 Å². The van der Waals surface area contributed by atoms with Crippen molar-refractivity contribution in [1.29, 1.82) is 0 Å². The molecule has 1 nitrogen and oxygen atoms in total. The van der Waals surface area contributed by atoms with Crippen LogP contribution in [-0.4, -0.2) is 0 Å². The van der Waals surface area contributed by atoms with Crippen molar-refractivity contribution >= 4 is 5.69 Å². The van der Waals surface area contributed by atoms with Gasteiger partial charge in [-0.3, -0.25) is 0 Å². The molecule has 0 spiro atoms. The molecule has 0 saturated heterocycles. The molecule has 0 bridgehead atoms. The van der Waals surface area contributed by atoms with Gasteiger partial charge in [0.05, 0.1) is 11.7 Å². The average molecular weight is 255 g/mol. The number of anilines is 1. The molecule has 0 aromatic heterocycles. The summed E-state index contributed by atoms with van der Waals surface area (Å²) in [5, 5.41) is 3.39. The van der Waals surface area contributed by atoms with E-state index in [1.165, 1.54) is 22.8 Å². The minimum absolute atomic E-state index is 0.166. The van der Waals surface area contributed by atoms with E-state index >= 15 is 0 Å². The number of hydrogen-bond acceptors (Lipinski definition) is 1. The van der Waals surface area contributed by atoms with E-state index in [4.69, 9.17) is 0 Å². The fraction of sp³-hybridized carbons (Fsp3) is 0.294. The highest BCUT2D eigenvalue weighted by Gasteiger charge is 2.23. The lowest BCUT2D eigenvalue weighted by Crippen LogP contribution is -2.09. The summed E-state index contributed by atoms with van der Waals surface area (Å²) in [5.74, 6) is -0.166. The Balaban J connectivity index is 1.93. The summed E-state index contributed by atoms with van der Waals surface area (Å²) in [4.78, 5) is 0. The minimum Gasteiger partial charge on any atom is -0.376 e. The summed E-state index contributed by atoms with van der Waals surface area (Å²) in [6, 6.07) is 12.0. The molecule has 19 heavy (non-hydrogen) atoms. The van der Waals surface area contributed by atoms with Gasteiger partial charge in [-0.05, 0) is 49.4 Å². The molecule has 1 N–H and O–H groups in total. The smallest absolute Gasteiger partial charge is 0.146 e. The van der Waals surface area contributed by atoms with Gasteiger partial charge >= 0.3 is 0 Å². The van der Waals surface area contributed by atoms with Crippen LogP contribution in [0.15, 0.2) is 36.4 Å². The van der Waals surface area contributed by atoms with Crippen LogP contribution in [0.5, 0.6) is 0 Å². The highest BCUT2D eigenvalue weighted by atomic mass is 19.1. The third kappa shape index (κ3) is 2.23. The molecule has 3 rings (SSSR count). The van der Waals surface area contributed by atoms with Gasteiger partial charge in [0.25, 0.3) is 0 Å². The number of rotatable bonds is 2. The highest BCUT2D eigenvalue weighted by molar-refractivity contribution is 5.54. The van der Waals surface area contributed by atoms with Gasteiger partial charge in [-0.2, -0.15) is 0 Å². The Morgan fingerprint density at radius 2 is 2.00 bits per heavy atom. The molecule has 0 aliphatic heterocycles. The molecule has 2 heteroatoms. The van der Waals surface area contributed by atoms with E-state index in [2.05, 4.69) is 30.4 Å². The van der Waals surface area contributed by atoms with E-state index in [1.54, 1.807) is 6.07 Å². The zero-order valence-electron chi connectivity index (χ0n) is 11.3. The fourth-order valence-corrected chi connectivity index (χ4v) is 2.86. The van der Waals surface area contributed by atoms with Crippen LogP contribution in [0.1, 0.15) is 34.7 Å². The Labute approximate surface area is 113 Å². The maximum Gasteiger partial charge on any atom is 0.146 e. The average Bonchev–Trinajstić information content (AvgIpc) is 2.76. The lowest BCUT2D eigenvalue weighted by Gasteiger charge is -2.18. The SMILES string of the molecule is Cc1ccc2c(c1)C(Nc1c(C)cccc1F)CC2. The standard InChI is InChI=1S/C17H18FN/c1-11-6-7-13-8-9-16(14(13)10-11)19-17-12(2)4-3-5-15(17)18/h3-7,10,16,19H,8-9H2,1-2H3. The molecule has 1 aliphatic carbocycles. The molecule has 2 aromatic carbocycles. The maximum atomic E-state index is 13.9. The van der Waals surface area contributed by atoms with E-state index in [9.17, 15) is 4.39 Å². The number of para-hydroxylation sites is 1. The molecular formula is C17H18FN. The third-order valence-electron chi connectivity index (χ3n) is 3.92. The van der Waals surface area contributed by atoms with Crippen molar-refractivity contribution in [1.82, 2.24) is 0 Å². The number of nitrogens with one attached hydrogen (secondary N) is 1. The minimum atomic E-state index is -0.166. The molecule has 1 aliphatic rings. The molecule has 1 atom stereocenters. The van der Waals surface area contributed by atoms with Crippen molar-refractivity contribution in [3.05, 3.63) is 64.5 Å². The monoisotopic (exact) mass is 255 g/mol. The first kappa shape index (κ1) is 12.2. The Morgan fingerprint density at radius 3 is 2.79 bits per heavy atom. The van der Waals surface area contributed by atoms with Crippen molar-refractivity contribution in [3.8, 4) is 0 Å². The second-order valence-electron chi connectivity index (χ2n) is 5.37. The molecule has 98 valence electrons. The van der Waals surface area contributed by atoms with Gasteiger partial charge in [-0.15, -0.1) is 0 Å². The van der Waals surface area contributed by atoms with Crippen LogP contribution in [0, 0.1) is 19.7 Å². The van der Waals surface area contributed by atoms with Gasteiger partial charge in [0.1, 0.15) is 5.82 Å². The predicted molar refractivity (Wildman–Crippen MR) is 77.0 cm³/mol. The molecule has 0 saturated carbocycles. The number of benzene rings is 2. The first-order valence-electron chi connectivity index (χ1n) is 6.76. The van der Waals surface area contributed by atoms with Gasteiger partial charge in [-0.25, -0.2) is 4.39 Å². The maximum absolute atomic E-state index is 13.9. The molecule has 0 radical (unpaired) electrons. The van der Waals surface area contributed by atoms with Crippen LogP contribution < -0.4 is 5.32 Å². The Morgan fingerprint density at radius 1 is 1.16 bits per heavy atom. The summed E-state index contributed by atoms with van der Waals surface area (Å²) >= 11 is 0. The van der Waals surface area contributed by atoms with E-state index in [0.29, 0.717) is 5.69 Å². The number of halogens is 1. The summed E-state index contributed by atoms with van der Waals surface area (Å²) in [7, 11) is 0. The second-order valence-corrected chi connectivity index (χ2v) is 5.37. The third-order valence-corrected chi connectivity index (χ3v) is 3.92. The van der Waals surface area contributed by atoms with Gasteiger partial charge in [0.15, 0.2) is 0 Å². The summed E-state index contributed by atoms with van der Waals surface area (Å²) in [5.41, 5.74) is 5.57. The predicted octanol–water partition coefficient (Wildman–Crippen LogP) is 4.54. The van der Waals surface area contributed by atoms with Crippen LogP contribution >= 0.6 is 0 Å². The van der Waals surface area contributed by atoms with Crippen molar-refractivity contribution in [2.45, 2.75) is 32.7 Å². The molecule has 0 fully saturated rings. The van der Waals surface area contributed by atoms with Gasteiger partial charge in [0.2, 0.25) is 0 Å². The lowest BCUT2D eigenvalue weighted by molar-refractivity contribution is 0.623. The second kappa shape index (κ2) is 4.69. The van der Waals surface area contributed by atoms with Gasteiger partial charge in [-0.1, -0.05) is 35.9 Å². The van der Waals surface area contributed by atoms with E-state index < -0.39 is 0 Å². The van der Waals surface area contributed by atoms with E-state index in [1.807, 2.05) is 13.0 Å². The van der Waals surface area contributed by atoms with E-state index in [-0.39, 0.29) is 11.9 Å². The summed E-state index contributed by atoms with van der Waals surface area (Å²) in [6.07, 6.45) is 2.10. The first-order valence-corrected chi connectivity index (χ1v) is 6.76.